The molecule has 0 unspecified atom stereocenters. The minimum absolute atomic E-state index is 0.491. The maximum Gasteiger partial charge on any atom is 0.460 e. The Morgan fingerprint density at radius 2 is 0.327 bits per heavy atom. The normalized spacial score (nSPS) is 15.8. The van der Waals surface area contributed by atoms with Crippen molar-refractivity contribution in [3.63, 3.8) is 0 Å². The van der Waals surface area contributed by atoms with Gasteiger partial charge in [-0.1, -0.05) is 0 Å². The molecule has 3 aromatic rings. The number of rotatable bonds is 36. The number of hydrogen-bond acceptors (Lipinski definition) is 4. The van der Waals surface area contributed by atoms with Crippen LogP contribution in [0.15, 0.2) is 72.8 Å². The Kier molecular flexibility index (Phi) is 25.0. The molecule has 0 N–H and O–H groups in total. The molecule has 0 bridgehead atoms. The van der Waals surface area contributed by atoms with E-state index in [2.05, 4.69) is 0 Å². The van der Waals surface area contributed by atoms with Crippen LogP contribution in [0.2, 0.25) is 0 Å². The summed E-state index contributed by atoms with van der Waals surface area (Å²) in [6.07, 6.45) is -39.2. The molecule has 0 fully saturated rings. The van der Waals surface area contributed by atoms with Gasteiger partial charge in [0.15, 0.2) is 7.14 Å². The van der Waals surface area contributed by atoms with Crippen LogP contribution >= 0.6 is 7.14 Å². The maximum atomic E-state index is 15.2. The van der Waals surface area contributed by atoms with Gasteiger partial charge in [0.2, 0.25) is 0 Å². The highest BCUT2D eigenvalue weighted by molar-refractivity contribution is 7.85. The third-order valence-corrected chi connectivity index (χ3v) is 17.7. The summed E-state index contributed by atoms with van der Waals surface area (Å²) >= 11 is 0. The summed E-state index contributed by atoms with van der Waals surface area (Å²) < 4.78 is 728. The largest absolute Gasteiger partial charge is 0.494 e. The molecule has 0 aromatic heterocycles. The molecular weight excluding hydrogens is 1680 g/mol. The van der Waals surface area contributed by atoms with Crippen LogP contribution in [-0.4, -0.2) is 163 Å². The van der Waals surface area contributed by atoms with Crippen molar-refractivity contribution in [1.29, 1.82) is 0 Å². The summed E-state index contributed by atoms with van der Waals surface area (Å²) in [5.74, 6) is -180. The number of halogens is 51. The standard InChI is InChI=1S/C51H30F51O4P/c52-28(53,31(58,59)34(64,65)37(70,71)40(76,77)43(82,83)46(88,89)49(94,95)96)16-1-19-104-22-4-10-25(11-5-22)107(103,26-12-6-23(7-13-26)105-20-2-17-29(54,55)32(60,61)35(66,67)38(72,73)41(78,79)44(84,85)47(90,91)50(97,98)99)27-14-8-24(9-15-27)106-21-3-18-30(56,57)33(62,63)36(68,69)39(74,75)42(80,81)45(86,87)48(92,93)51(100,101)102/h4-15H,1-3,16-21H2. The van der Waals surface area contributed by atoms with Gasteiger partial charge in [0.05, 0.1) is 19.8 Å². The molecule has 0 radical (unpaired) electrons. The Morgan fingerprint density at radius 3 is 0.467 bits per heavy atom. The van der Waals surface area contributed by atoms with E-state index in [-0.39, 0.29) is 0 Å². The van der Waals surface area contributed by atoms with Crippen LogP contribution in [0, 0.1) is 0 Å². The van der Waals surface area contributed by atoms with E-state index < -0.39 is 242 Å². The lowest BCUT2D eigenvalue weighted by Crippen LogP contribution is -2.74. The fourth-order valence-corrected chi connectivity index (χ4v) is 10.8. The highest BCUT2D eigenvalue weighted by Gasteiger charge is 2.98. The van der Waals surface area contributed by atoms with Gasteiger partial charge in [0, 0.05) is 35.2 Å². The van der Waals surface area contributed by atoms with E-state index in [1.165, 1.54) is 0 Å². The van der Waals surface area contributed by atoms with Gasteiger partial charge in [-0.3, -0.25) is 0 Å². The quantitative estimate of drug-likeness (QED) is 0.0331. The summed E-state index contributed by atoms with van der Waals surface area (Å²) in [5.41, 5.74) is 0. The van der Waals surface area contributed by atoms with Crippen molar-refractivity contribution < 1.29 is 243 Å². The van der Waals surface area contributed by atoms with Crippen LogP contribution in [0.25, 0.3) is 0 Å². The number of benzene rings is 3. The van der Waals surface area contributed by atoms with Crippen molar-refractivity contribution in [3.8, 4) is 17.2 Å². The zero-order chi connectivity index (χ0) is 84.9. The molecule has 0 aliphatic heterocycles. The van der Waals surface area contributed by atoms with E-state index in [4.69, 9.17) is 14.2 Å². The Balaban J connectivity index is 2.02. The lowest BCUT2D eigenvalue weighted by Gasteiger charge is -2.42. The molecule has 0 spiro atoms. The second-order valence-electron chi connectivity index (χ2n) is 21.9. The van der Waals surface area contributed by atoms with Gasteiger partial charge in [-0.25, -0.2) is 0 Å². The zero-order valence-electron chi connectivity index (χ0n) is 49.6. The summed E-state index contributed by atoms with van der Waals surface area (Å²) in [7, 11) is -4.97. The first-order valence-electron chi connectivity index (χ1n) is 26.7. The average molecular weight is 1710 g/mol. The highest BCUT2D eigenvalue weighted by atomic mass is 31.2. The van der Waals surface area contributed by atoms with E-state index in [0.29, 0.717) is 72.8 Å². The van der Waals surface area contributed by atoms with E-state index in [0.717, 1.165) is 0 Å². The number of hydrogen-bond donors (Lipinski definition) is 0. The van der Waals surface area contributed by atoms with Gasteiger partial charge in [0.1, 0.15) is 17.2 Å². The minimum atomic E-state index is -8.98. The average Bonchev–Trinajstić information content (AvgIpc) is 0.705. The molecule has 4 nitrogen and oxygen atoms in total. The molecule has 56 heteroatoms. The fraction of sp³-hybridized carbons (Fsp3) is 0.647. The molecule has 0 atom stereocenters. The van der Waals surface area contributed by atoms with Crippen molar-refractivity contribution in [2.24, 2.45) is 0 Å². The second kappa shape index (κ2) is 28.2. The second-order valence-corrected chi connectivity index (χ2v) is 24.7. The smallest absolute Gasteiger partial charge is 0.460 e. The van der Waals surface area contributed by atoms with Gasteiger partial charge in [-0.05, 0) is 92.1 Å². The van der Waals surface area contributed by atoms with E-state index in [9.17, 15) is 224 Å². The van der Waals surface area contributed by atoms with E-state index in [1.807, 2.05) is 0 Å². The lowest BCUT2D eigenvalue weighted by molar-refractivity contribution is -0.461. The highest BCUT2D eigenvalue weighted by Crippen LogP contribution is 2.69. The maximum absolute atomic E-state index is 15.2. The van der Waals surface area contributed by atoms with Crippen LogP contribution in [0.1, 0.15) is 38.5 Å². The van der Waals surface area contributed by atoms with Crippen LogP contribution in [0.3, 0.4) is 0 Å². The monoisotopic (exact) mass is 1710 g/mol. The fourth-order valence-electron chi connectivity index (χ4n) is 8.22. The van der Waals surface area contributed by atoms with Crippen molar-refractivity contribution in [2.75, 3.05) is 19.8 Å². The first-order chi connectivity index (χ1) is 46.8. The van der Waals surface area contributed by atoms with Gasteiger partial charge < -0.3 is 18.8 Å². The summed E-state index contributed by atoms with van der Waals surface area (Å²) in [6.45, 7) is -4.91. The molecule has 0 saturated carbocycles. The van der Waals surface area contributed by atoms with Gasteiger partial charge in [0.25, 0.3) is 0 Å². The Labute approximate surface area is 557 Å². The van der Waals surface area contributed by atoms with Crippen molar-refractivity contribution in [2.45, 2.75) is 181 Å². The number of ether oxygens (including phenoxy) is 3. The van der Waals surface area contributed by atoms with Crippen molar-refractivity contribution in [3.05, 3.63) is 72.8 Å². The van der Waals surface area contributed by atoms with E-state index >= 15 is 4.57 Å². The van der Waals surface area contributed by atoms with Crippen molar-refractivity contribution in [1.82, 2.24) is 0 Å². The Bertz CT molecular complexity index is 3180. The van der Waals surface area contributed by atoms with Crippen LogP contribution in [-0.2, 0) is 4.57 Å². The van der Waals surface area contributed by atoms with E-state index in [1.54, 1.807) is 0 Å². The van der Waals surface area contributed by atoms with Gasteiger partial charge in [-0.2, -0.15) is 224 Å². The van der Waals surface area contributed by atoms with Crippen LogP contribution < -0.4 is 30.1 Å². The third-order valence-electron chi connectivity index (χ3n) is 14.7. The third kappa shape index (κ3) is 14.7. The summed E-state index contributed by atoms with van der Waals surface area (Å²) in [4.78, 5) is 0. The molecule has 0 amide bonds. The molecule has 0 saturated heterocycles. The van der Waals surface area contributed by atoms with Gasteiger partial charge >= 0.3 is 143 Å². The Morgan fingerprint density at radius 1 is 0.196 bits per heavy atom. The Hall–Kier alpha value is -6.28. The lowest BCUT2D eigenvalue weighted by atomic mass is 9.88. The van der Waals surface area contributed by atoms with Gasteiger partial charge in [-0.15, -0.1) is 0 Å². The number of alkyl halides is 51. The first kappa shape index (κ1) is 94.9. The van der Waals surface area contributed by atoms with Crippen LogP contribution in [0.4, 0.5) is 224 Å². The molecule has 3 rings (SSSR count). The topological polar surface area (TPSA) is 44.8 Å². The predicted octanol–water partition coefficient (Wildman–Crippen LogP) is 21.8. The summed E-state index contributed by atoms with van der Waals surface area (Å²) in [6, 6.07) is 6.24. The SMILES string of the molecule is O=P(c1ccc(OCCCC(F)(F)C(F)(F)C(F)(F)C(F)(F)C(F)(F)C(F)(F)C(F)(F)C(F)(F)F)cc1)(c1ccc(OCCCC(F)(F)C(F)(F)C(F)(F)C(F)(F)C(F)(F)C(F)(F)C(F)(F)C(F)(F)F)cc1)c1ccc(OCCCC(F)(F)C(F)(F)C(F)(F)C(F)(F)C(F)(F)C(F)(F)C(F)(F)C(F)(F)F)cc1. The molecule has 620 valence electrons. The van der Waals surface area contributed by atoms with Crippen molar-refractivity contribution >= 4 is 23.1 Å². The molecule has 3 aromatic carbocycles. The molecule has 0 aliphatic carbocycles. The minimum Gasteiger partial charge on any atom is -0.494 e. The predicted molar refractivity (Wildman–Crippen MR) is 252 cm³/mol. The molecule has 107 heavy (non-hydrogen) atoms. The molecular formula is C51H30F51O4P. The summed E-state index contributed by atoms with van der Waals surface area (Å²) in [5, 5.41) is -2.17. The zero-order valence-corrected chi connectivity index (χ0v) is 50.5. The molecule has 0 aliphatic rings. The van der Waals surface area contributed by atoms with Crippen LogP contribution in [0.5, 0.6) is 17.2 Å². The first-order valence-corrected chi connectivity index (χ1v) is 28.5. The molecule has 0 heterocycles.